The summed E-state index contributed by atoms with van der Waals surface area (Å²) >= 11 is 0. The Labute approximate surface area is 285 Å². The first kappa shape index (κ1) is 36.7. The molecule has 8 nitrogen and oxygen atoms in total. The summed E-state index contributed by atoms with van der Waals surface area (Å²) in [6.45, 7) is -0.554. The number of hydrogen-bond donors (Lipinski definition) is 3. The van der Waals surface area contributed by atoms with E-state index in [1.54, 1.807) is 0 Å². The summed E-state index contributed by atoms with van der Waals surface area (Å²) < 4.78 is 117. The van der Waals surface area contributed by atoms with Crippen molar-refractivity contribution in [3.8, 4) is 11.1 Å². The Bertz CT molecular complexity index is 2020. The summed E-state index contributed by atoms with van der Waals surface area (Å²) in [5, 5.41) is 22.0. The van der Waals surface area contributed by atoms with E-state index in [9.17, 15) is 55.1 Å². The molecule has 1 saturated carbocycles. The maximum absolute atomic E-state index is 14.7. The Hall–Kier alpha value is -4.12. The number of fused-ring (bicyclic) bond motifs is 2. The molecule has 2 heterocycles. The van der Waals surface area contributed by atoms with Crippen LogP contribution in [0, 0.1) is 5.41 Å². The number of rotatable bonds is 7. The monoisotopic (exact) mass is 726 g/mol. The predicted octanol–water partition coefficient (Wildman–Crippen LogP) is 7.28. The molecule has 2 fully saturated rings. The SMILES string of the molecule is Cn1c(=O)c(-c2cccc3c(C[C@H](NC(=O)C4(C(F)(F)F)CCN([C@H]5CCC(F)(F)C5)CC4)N(O)O)cccc23)c(C(F)(F)F)c2ccccc21. The van der Waals surface area contributed by atoms with Crippen molar-refractivity contribution in [3.63, 3.8) is 0 Å². The van der Waals surface area contributed by atoms with Crippen LogP contribution in [0.5, 0.6) is 0 Å². The zero-order valence-electron chi connectivity index (χ0n) is 27.2. The first-order valence-electron chi connectivity index (χ1n) is 16.2. The fraction of sp³-hybridized carbons (Fsp3) is 0.429. The van der Waals surface area contributed by atoms with Gasteiger partial charge in [0.05, 0.1) is 16.6 Å². The molecule has 0 unspecified atom stereocenters. The van der Waals surface area contributed by atoms with Gasteiger partial charge >= 0.3 is 12.4 Å². The Kier molecular flexibility index (Phi) is 9.44. The second-order valence-corrected chi connectivity index (χ2v) is 13.3. The molecule has 16 heteroatoms. The van der Waals surface area contributed by atoms with Gasteiger partial charge in [-0.1, -0.05) is 54.6 Å². The Morgan fingerprint density at radius 3 is 2.16 bits per heavy atom. The van der Waals surface area contributed by atoms with Crippen LogP contribution in [0.2, 0.25) is 0 Å². The van der Waals surface area contributed by atoms with Gasteiger partial charge in [-0.2, -0.15) is 26.3 Å². The van der Waals surface area contributed by atoms with Gasteiger partial charge in [0.25, 0.3) is 5.56 Å². The zero-order valence-corrected chi connectivity index (χ0v) is 27.2. The number of aromatic nitrogens is 1. The number of carbonyl (C=O) groups excluding carboxylic acids is 1. The number of piperidine rings is 1. The van der Waals surface area contributed by atoms with Crippen LogP contribution in [0.15, 0.2) is 65.5 Å². The van der Waals surface area contributed by atoms with Crippen molar-refractivity contribution in [1.82, 2.24) is 20.0 Å². The number of halogens is 8. The van der Waals surface area contributed by atoms with Crippen molar-refractivity contribution >= 4 is 27.6 Å². The lowest BCUT2D eigenvalue weighted by molar-refractivity contribution is -0.336. The standard InChI is InChI=1S/C35H34F8N4O4/c1-45-26-11-3-2-7-25(26)29(34(38,39)40)28(30(45)48)24-10-5-8-22-20(6-4-9-23(22)24)18-27(47(50)51)44-31(49)32(35(41,42)43)14-16-46(17-15-32)21-12-13-33(36,37)19-21/h2-11,21,27,50-51H,12-19H2,1H3,(H,44,49)/t21-,27+/m0/s1. The Morgan fingerprint density at radius 2 is 1.55 bits per heavy atom. The summed E-state index contributed by atoms with van der Waals surface area (Å²) in [4.78, 5) is 28.5. The van der Waals surface area contributed by atoms with E-state index in [0.29, 0.717) is 0 Å². The van der Waals surface area contributed by atoms with Crippen molar-refractivity contribution < 1.29 is 50.3 Å². The van der Waals surface area contributed by atoms with E-state index >= 15 is 0 Å². The van der Waals surface area contributed by atoms with E-state index in [2.05, 4.69) is 5.32 Å². The van der Waals surface area contributed by atoms with E-state index < -0.39 is 89.4 Å². The highest BCUT2D eigenvalue weighted by Crippen LogP contribution is 2.49. The number of hydroxylamine groups is 2. The molecular formula is C35H34F8N4O4. The number of aryl methyl sites for hydroxylation is 1. The van der Waals surface area contributed by atoms with Crippen molar-refractivity contribution in [2.45, 2.75) is 69.0 Å². The molecule has 1 aliphatic carbocycles. The Balaban J connectivity index is 1.33. The molecule has 3 N–H and O–H groups in total. The molecule has 4 aromatic rings. The topological polar surface area (TPSA) is 98.0 Å². The molecule has 1 saturated heterocycles. The van der Waals surface area contributed by atoms with Gasteiger partial charge in [-0.15, -0.1) is 0 Å². The number of amides is 1. The average molecular weight is 727 g/mol. The van der Waals surface area contributed by atoms with Crippen LogP contribution in [0.3, 0.4) is 0 Å². The summed E-state index contributed by atoms with van der Waals surface area (Å²) in [6.07, 6.45) is -14.6. The van der Waals surface area contributed by atoms with Gasteiger partial charge in [-0.25, -0.2) is 8.78 Å². The van der Waals surface area contributed by atoms with Crippen LogP contribution in [-0.2, 0) is 24.4 Å². The maximum Gasteiger partial charge on any atom is 0.417 e. The Morgan fingerprint density at radius 1 is 0.922 bits per heavy atom. The smallest absolute Gasteiger partial charge is 0.335 e. The third-order valence-electron chi connectivity index (χ3n) is 10.4. The second-order valence-electron chi connectivity index (χ2n) is 13.3. The maximum atomic E-state index is 14.7. The lowest BCUT2D eigenvalue weighted by atomic mass is 9.76. The normalized spacial score (nSPS) is 20.3. The third-order valence-corrected chi connectivity index (χ3v) is 10.4. The minimum Gasteiger partial charge on any atom is -0.335 e. The van der Waals surface area contributed by atoms with Crippen molar-refractivity contribution in [3.05, 3.63) is 82.1 Å². The molecule has 0 spiro atoms. The van der Waals surface area contributed by atoms with Crippen LogP contribution in [-0.4, -0.2) is 68.4 Å². The summed E-state index contributed by atoms with van der Waals surface area (Å²) in [5.74, 6) is -4.45. The number of likely N-dealkylation sites (tertiary alicyclic amines) is 1. The van der Waals surface area contributed by atoms with Gasteiger partial charge in [0.1, 0.15) is 11.6 Å². The fourth-order valence-electron chi connectivity index (χ4n) is 7.65. The summed E-state index contributed by atoms with van der Waals surface area (Å²) in [5.41, 5.74) is -5.46. The molecule has 2 aliphatic rings. The number of carbonyl (C=O) groups is 1. The lowest BCUT2D eigenvalue weighted by Crippen LogP contribution is -2.60. The molecule has 1 aromatic heterocycles. The van der Waals surface area contributed by atoms with E-state index in [-0.39, 0.29) is 58.7 Å². The van der Waals surface area contributed by atoms with Gasteiger partial charge in [0.15, 0.2) is 0 Å². The van der Waals surface area contributed by atoms with Gasteiger partial charge in [-0.05, 0) is 65.5 Å². The molecular weight excluding hydrogens is 692 g/mol. The van der Waals surface area contributed by atoms with Gasteiger partial charge in [0, 0.05) is 37.7 Å². The van der Waals surface area contributed by atoms with Crippen molar-refractivity contribution in [2.24, 2.45) is 12.5 Å². The number of hydrogen-bond acceptors (Lipinski definition) is 6. The molecule has 274 valence electrons. The van der Waals surface area contributed by atoms with Crippen molar-refractivity contribution in [2.75, 3.05) is 13.1 Å². The number of benzene rings is 3. The third kappa shape index (κ3) is 6.69. The van der Waals surface area contributed by atoms with Crippen LogP contribution in [0.1, 0.15) is 43.2 Å². The molecule has 1 amide bonds. The molecule has 0 radical (unpaired) electrons. The number of para-hydroxylation sites is 1. The highest BCUT2D eigenvalue weighted by atomic mass is 19.4. The van der Waals surface area contributed by atoms with Crippen LogP contribution < -0.4 is 10.9 Å². The number of pyridine rings is 1. The van der Waals surface area contributed by atoms with Crippen molar-refractivity contribution in [1.29, 1.82) is 0 Å². The van der Waals surface area contributed by atoms with Crippen LogP contribution >= 0.6 is 0 Å². The second kappa shape index (κ2) is 13.1. The molecule has 1 aliphatic heterocycles. The minimum atomic E-state index is -5.07. The average Bonchev–Trinajstić information content (AvgIpc) is 3.44. The lowest BCUT2D eigenvalue weighted by Gasteiger charge is -2.44. The number of alkyl halides is 8. The molecule has 3 aromatic carbocycles. The van der Waals surface area contributed by atoms with Gasteiger partial charge in [-0.3, -0.25) is 20.0 Å². The quantitative estimate of drug-likeness (QED) is 0.105. The molecule has 51 heavy (non-hydrogen) atoms. The van der Waals surface area contributed by atoms with E-state index in [1.165, 1.54) is 72.6 Å². The van der Waals surface area contributed by atoms with Gasteiger partial charge in [0.2, 0.25) is 11.8 Å². The zero-order chi connectivity index (χ0) is 37.1. The molecule has 6 rings (SSSR count). The summed E-state index contributed by atoms with van der Waals surface area (Å²) in [6, 6.07) is 13.5. The number of nitrogens with zero attached hydrogens (tertiary/aromatic N) is 3. The molecule has 2 atom stereocenters. The largest absolute Gasteiger partial charge is 0.417 e. The van der Waals surface area contributed by atoms with Gasteiger partial charge < -0.3 is 14.8 Å². The van der Waals surface area contributed by atoms with E-state index in [4.69, 9.17) is 0 Å². The van der Waals surface area contributed by atoms with Crippen LogP contribution in [0.4, 0.5) is 35.1 Å². The predicted molar refractivity (Wildman–Crippen MR) is 170 cm³/mol. The summed E-state index contributed by atoms with van der Waals surface area (Å²) in [7, 11) is 1.35. The number of nitrogens with one attached hydrogen (secondary N) is 1. The first-order chi connectivity index (χ1) is 23.8. The van der Waals surface area contributed by atoms with Crippen LogP contribution in [0.25, 0.3) is 32.8 Å². The highest BCUT2D eigenvalue weighted by Gasteiger charge is 2.61. The fourth-order valence-corrected chi connectivity index (χ4v) is 7.65. The highest BCUT2D eigenvalue weighted by molar-refractivity contribution is 6.01. The molecule has 0 bridgehead atoms. The van der Waals surface area contributed by atoms with E-state index in [0.717, 1.165) is 4.57 Å². The first-order valence-corrected chi connectivity index (χ1v) is 16.2. The van der Waals surface area contributed by atoms with E-state index in [1.807, 2.05) is 0 Å². The minimum absolute atomic E-state index is 0.0615.